The molecular weight excluding hydrogens is 384 g/mol. The van der Waals surface area contributed by atoms with Crippen LogP contribution < -0.4 is 5.32 Å². The predicted molar refractivity (Wildman–Crippen MR) is 112 cm³/mol. The molecule has 0 radical (unpaired) electrons. The Kier molecular flexibility index (Phi) is 4.82. The zero-order chi connectivity index (χ0) is 20.4. The number of hydrogen-bond donors (Lipinski definition) is 2. The Labute approximate surface area is 171 Å². The highest BCUT2D eigenvalue weighted by atomic mass is 32.1. The summed E-state index contributed by atoms with van der Waals surface area (Å²) in [7, 11) is 0. The zero-order valence-corrected chi connectivity index (χ0v) is 16.7. The van der Waals surface area contributed by atoms with Gasteiger partial charge in [0.2, 0.25) is 0 Å². The zero-order valence-electron chi connectivity index (χ0n) is 15.9. The maximum absolute atomic E-state index is 12.4. The molecule has 4 aromatic rings. The number of aromatic amines is 1. The first-order valence-corrected chi connectivity index (χ1v) is 9.89. The number of pyridine rings is 2. The van der Waals surface area contributed by atoms with E-state index in [0.717, 1.165) is 27.3 Å². The second-order valence-electron chi connectivity index (χ2n) is 7.27. The van der Waals surface area contributed by atoms with Crippen molar-refractivity contribution in [1.29, 1.82) is 5.26 Å². The summed E-state index contributed by atoms with van der Waals surface area (Å²) in [6, 6.07) is 11.4. The fraction of sp³-hybridized carbons (Fsp3) is 0.190. The van der Waals surface area contributed by atoms with Gasteiger partial charge in [-0.3, -0.25) is 4.79 Å². The number of nitrogens with zero attached hydrogens (tertiary/aromatic N) is 4. The summed E-state index contributed by atoms with van der Waals surface area (Å²) < 4.78 is 0. The Hall–Kier alpha value is -3.57. The van der Waals surface area contributed by atoms with Crippen molar-refractivity contribution in [3.8, 4) is 28.0 Å². The van der Waals surface area contributed by atoms with Crippen LogP contribution in [0.15, 0.2) is 48.1 Å². The van der Waals surface area contributed by atoms with E-state index in [4.69, 9.17) is 5.26 Å². The minimum absolute atomic E-state index is 0.255. The quantitative estimate of drug-likeness (QED) is 0.524. The molecule has 0 saturated carbocycles. The lowest BCUT2D eigenvalue weighted by Gasteiger charge is -2.15. The lowest BCUT2D eigenvalue weighted by Crippen LogP contribution is -2.33. The van der Waals surface area contributed by atoms with Crippen LogP contribution >= 0.6 is 11.3 Å². The average Bonchev–Trinajstić information content (AvgIpc) is 3.41. The van der Waals surface area contributed by atoms with Crippen molar-refractivity contribution >= 4 is 28.3 Å². The SMILES string of the molecule is CC(C)(C#N)CNC(=O)c1cccc(-c2cnc3[nH]c(-c4nccs4)cc3c2)n1. The number of nitriles is 1. The first-order valence-electron chi connectivity index (χ1n) is 9.01. The van der Waals surface area contributed by atoms with E-state index >= 15 is 0 Å². The Balaban J connectivity index is 1.60. The first kappa shape index (κ1) is 18.8. The van der Waals surface area contributed by atoms with Crippen molar-refractivity contribution in [1.82, 2.24) is 25.3 Å². The fourth-order valence-electron chi connectivity index (χ4n) is 2.78. The Morgan fingerprint density at radius 2 is 2.17 bits per heavy atom. The summed E-state index contributed by atoms with van der Waals surface area (Å²) >= 11 is 1.56. The third-order valence-corrected chi connectivity index (χ3v) is 5.21. The number of nitrogens with one attached hydrogen (secondary N) is 2. The largest absolute Gasteiger partial charge is 0.349 e. The van der Waals surface area contributed by atoms with Gasteiger partial charge in [0.05, 0.1) is 22.9 Å². The van der Waals surface area contributed by atoms with Crippen LogP contribution in [0.25, 0.3) is 33.0 Å². The monoisotopic (exact) mass is 402 g/mol. The molecule has 0 aromatic carbocycles. The minimum Gasteiger partial charge on any atom is -0.349 e. The molecule has 7 nitrogen and oxygen atoms in total. The number of rotatable bonds is 5. The van der Waals surface area contributed by atoms with Gasteiger partial charge >= 0.3 is 0 Å². The van der Waals surface area contributed by atoms with E-state index in [2.05, 4.69) is 31.3 Å². The van der Waals surface area contributed by atoms with Gasteiger partial charge < -0.3 is 10.3 Å². The van der Waals surface area contributed by atoms with Gasteiger partial charge in [0.1, 0.15) is 16.3 Å². The maximum Gasteiger partial charge on any atom is 0.269 e. The van der Waals surface area contributed by atoms with Crippen LogP contribution in [-0.4, -0.2) is 32.4 Å². The second kappa shape index (κ2) is 7.45. The van der Waals surface area contributed by atoms with Gasteiger partial charge in [-0.1, -0.05) is 6.07 Å². The Morgan fingerprint density at radius 3 is 2.93 bits per heavy atom. The van der Waals surface area contributed by atoms with Gasteiger partial charge in [-0.25, -0.2) is 15.0 Å². The molecule has 8 heteroatoms. The van der Waals surface area contributed by atoms with Gasteiger partial charge in [-0.05, 0) is 38.1 Å². The van der Waals surface area contributed by atoms with Crippen molar-refractivity contribution < 1.29 is 4.79 Å². The number of fused-ring (bicyclic) bond motifs is 1. The Morgan fingerprint density at radius 1 is 1.31 bits per heavy atom. The van der Waals surface area contributed by atoms with E-state index in [9.17, 15) is 4.79 Å². The van der Waals surface area contributed by atoms with Gasteiger partial charge in [-0.15, -0.1) is 11.3 Å². The van der Waals surface area contributed by atoms with Crippen molar-refractivity contribution in [2.75, 3.05) is 6.54 Å². The normalized spacial score (nSPS) is 11.3. The summed E-state index contributed by atoms with van der Waals surface area (Å²) in [6.07, 6.45) is 3.50. The van der Waals surface area contributed by atoms with E-state index in [1.54, 1.807) is 49.7 Å². The number of hydrogen-bond acceptors (Lipinski definition) is 6. The highest BCUT2D eigenvalue weighted by Gasteiger charge is 2.19. The molecular formula is C21H18N6OS. The van der Waals surface area contributed by atoms with Gasteiger partial charge in [0.25, 0.3) is 5.91 Å². The van der Waals surface area contributed by atoms with E-state index in [-0.39, 0.29) is 12.5 Å². The summed E-state index contributed by atoms with van der Waals surface area (Å²) in [5.41, 5.74) is 2.82. The van der Waals surface area contributed by atoms with E-state index in [1.807, 2.05) is 23.6 Å². The number of thiazole rings is 1. The van der Waals surface area contributed by atoms with Crippen LogP contribution in [0, 0.1) is 16.7 Å². The molecule has 4 heterocycles. The maximum atomic E-state index is 12.4. The molecule has 4 rings (SSSR count). The van der Waals surface area contributed by atoms with Crippen LogP contribution in [-0.2, 0) is 0 Å². The summed E-state index contributed by atoms with van der Waals surface area (Å²) in [6.45, 7) is 3.80. The van der Waals surface area contributed by atoms with Crippen molar-refractivity contribution in [3.05, 3.63) is 53.8 Å². The molecule has 0 aliphatic rings. The molecule has 0 atom stereocenters. The van der Waals surface area contributed by atoms with Crippen LogP contribution in [0.3, 0.4) is 0 Å². The van der Waals surface area contributed by atoms with E-state index < -0.39 is 5.41 Å². The fourth-order valence-corrected chi connectivity index (χ4v) is 3.39. The summed E-state index contributed by atoms with van der Waals surface area (Å²) in [5, 5.41) is 15.6. The first-order chi connectivity index (χ1) is 13.9. The smallest absolute Gasteiger partial charge is 0.269 e. The van der Waals surface area contributed by atoms with Crippen molar-refractivity contribution in [3.63, 3.8) is 0 Å². The second-order valence-corrected chi connectivity index (χ2v) is 8.16. The molecule has 0 saturated heterocycles. The average molecular weight is 402 g/mol. The van der Waals surface area contributed by atoms with Crippen molar-refractivity contribution in [2.45, 2.75) is 13.8 Å². The molecule has 0 aliphatic carbocycles. The molecule has 0 unspecified atom stereocenters. The van der Waals surface area contributed by atoms with Gasteiger partial charge in [0, 0.05) is 35.3 Å². The number of carbonyl (C=O) groups is 1. The number of H-pyrrole nitrogens is 1. The molecule has 29 heavy (non-hydrogen) atoms. The molecule has 2 N–H and O–H groups in total. The number of aromatic nitrogens is 4. The van der Waals surface area contributed by atoms with Crippen molar-refractivity contribution in [2.24, 2.45) is 5.41 Å². The van der Waals surface area contributed by atoms with Gasteiger partial charge in [-0.2, -0.15) is 5.26 Å². The number of carbonyl (C=O) groups excluding carboxylic acids is 1. The summed E-state index contributed by atoms with van der Waals surface area (Å²) in [4.78, 5) is 29.0. The lowest BCUT2D eigenvalue weighted by atomic mass is 9.96. The molecule has 0 spiro atoms. The Bertz CT molecular complexity index is 1220. The van der Waals surface area contributed by atoms with E-state index in [1.165, 1.54) is 0 Å². The lowest BCUT2D eigenvalue weighted by molar-refractivity contribution is 0.0939. The van der Waals surface area contributed by atoms with Crippen LogP contribution in [0.2, 0.25) is 0 Å². The number of amides is 1. The topological polar surface area (TPSA) is 107 Å². The third kappa shape index (κ3) is 4.00. The minimum atomic E-state index is -0.633. The highest BCUT2D eigenvalue weighted by molar-refractivity contribution is 7.13. The molecule has 0 bridgehead atoms. The van der Waals surface area contributed by atoms with Crippen LogP contribution in [0.5, 0.6) is 0 Å². The third-order valence-electron chi connectivity index (χ3n) is 4.40. The molecule has 1 amide bonds. The standard InChI is InChI=1S/C21H18N6OS/c1-21(2,11-22)12-25-19(28)16-5-3-4-15(26-16)14-8-13-9-17(20-23-6-7-29-20)27-18(13)24-10-14/h3-10H,12H2,1-2H3,(H,24,27)(H,25,28). The van der Waals surface area contributed by atoms with E-state index in [0.29, 0.717) is 11.4 Å². The van der Waals surface area contributed by atoms with Crippen LogP contribution in [0.4, 0.5) is 0 Å². The predicted octanol–water partition coefficient (Wildman–Crippen LogP) is 4.03. The molecule has 4 aromatic heterocycles. The summed E-state index contributed by atoms with van der Waals surface area (Å²) in [5.74, 6) is -0.308. The molecule has 0 fully saturated rings. The molecule has 0 aliphatic heterocycles. The van der Waals surface area contributed by atoms with Gasteiger partial charge in [0.15, 0.2) is 0 Å². The van der Waals surface area contributed by atoms with Crippen LogP contribution in [0.1, 0.15) is 24.3 Å². The molecule has 144 valence electrons. The highest BCUT2D eigenvalue weighted by Crippen LogP contribution is 2.27.